The molecule has 0 heterocycles. The van der Waals surface area contributed by atoms with E-state index < -0.39 is 17.5 Å². The monoisotopic (exact) mass is 400 g/mol. The molecule has 28 heavy (non-hydrogen) atoms. The Kier molecular flexibility index (Phi) is 11.8. The van der Waals surface area contributed by atoms with Crippen molar-refractivity contribution in [1.29, 1.82) is 0 Å². The summed E-state index contributed by atoms with van der Waals surface area (Å²) in [6.07, 6.45) is 11.6. The van der Waals surface area contributed by atoms with Gasteiger partial charge in [0.2, 0.25) is 0 Å². The Bertz CT molecular complexity index is 534. The van der Waals surface area contributed by atoms with E-state index in [9.17, 15) is 13.2 Å². The van der Waals surface area contributed by atoms with Gasteiger partial charge in [-0.2, -0.15) is 0 Å². The molecule has 0 saturated heterocycles. The van der Waals surface area contributed by atoms with Crippen LogP contribution < -0.4 is 0 Å². The number of hydrogen-bond donors (Lipinski definition) is 0. The number of rotatable bonds is 15. The second-order valence-electron chi connectivity index (χ2n) is 8.38. The fourth-order valence-electron chi connectivity index (χ4n) is 4.00. The standard InChI is InChI=1S/C24H39F3O/c1-5-7-8-9-10-11-14-19(24(3,4)28-6-2)15-12-13-16-21-22(26)17-20(25)18-23(21)27/h17-19H,5-16H2,1-4H3. The van der Waals surface area contributed by atoms with Gasteiger partial charge in [-0.05, 0) is 52.4 Å². The second kappa shape index (κ2) is 13.2. The van der Waals surface area contributed by atoms with Crippen LogP contribution in [0.1, 0.15) is 97.5 Å². The molecule has 0 spiro atoms. The van der Waals surface area contributed by atoms with Gasteiger partial charge < -0.3 is 4.74 Å². The van der Waals surface area contributed by atoms with Crippen molar-refractivity contribution in [3.8, 4) is 0 Å². The van der Waals surface area contributed by atoms with Crippen molar-refractivity contribution in [3.05, 3.63) is 35.1 Å². The minimum atomic E-state index is -0.865. The van der Waals surface area contributed by atoms with Crippen molar-refractivity contribution >= 4 is 0 Å². The van der Waals surface area contributed by atoms with Gasteiger partial charge in [-0.15, -0.1) is 0 Å². The number of halogens is 3. The molecule has 1 unspecified atom stereocenters. The Balaban J connectivity index is 2.50. The largest absolute Gasteiger partial charge is 0.376 e. The molecule has 0 N–H and O–H groups in total. The van der Waals surface area contributed by atoms with Crippen LogP contribution in [0, 0.1) is 23.4 Å². The first-order valence-electron chi connectivity index (χ1n) is 11.1. The zero-order chi connectivity index (χ0) is 21.0. The van der Waals surface area contributed by atoms with Crippen molar-refractivity contribution in [2.75, 3.05) is 6.61 Å². The smallest absolute Gasteiger partial charge is 0.132 e. The third kappa shape index (κ3) is 8.98. The van der Waals surface area contributed by atoms with Gasteiger partial charge in [0.25, 0.3) is 0 Å². The molecule has 0 aliphatic rings. The summed E-state index contributed by atoms with van der Waals surface area (Å²) in [5.41, 5.74) is -0.192. The van der Waals surface area contributed by atoms with E-state index in [0.717, 1.165) is 31.4 Å². The highest BCUT2D eigenvalue weighted by Crippen LogP contribution is 2.31. The van der Waals surface area contributed by atoms with E-state index in [0.29, 0.717) is 25.4 Å². The number of benzene rings is 1. The van der Waals surface area contributed by atoms with Gasteiger partial charge >= 0.3 is 0 Å². The lowest BCUT2D eigenvalue weighted by Gasteiger charge is -2.34. The molecule has 0 aliphatic heterocycles. The van der Waals surface area contributed by atoms with Crippen LogP contribution in [-0.4, -0.2) is 12.2 Å². The number of unbranched alkanes of at least 4 members (excludes halogenated alkanes) is 6. The van der Waals surface area contributed by atoms with E-state index in [1.165, 1.54) is 38.5 Å². The lowest BCUT2D eigenvalue weighted by Crippen LogP contribution is -2.34. The zero-order valence-electron chi connectivity index (χ0n) is 18.3. The first kappa shape index (κ1) is 25.0. The second-order valence-corrected chi connectivity index (χ2v) is 8.38. The van der Waals surface area contributed by atoms with Crippen LogP contribution in [0.4, 0.5) is 13.2 Å². The Hall–Kier alpha value is -1.03. The van der Waals surface area contributed by atoms with Crippen molar-refractivity contribution < 1.29 is 17.9 Å². The van der Waals surface area contributed by atoms with Crippen LogP contribution in [0.3, 0.4) is 0 Å². The third-order valence-electron chi connectivity index (χ3n) is 5.74. The van der Waals surface area contributed by atoms with Crippen molar-refractivity contribution in [1.82, 2.24) is 0 Å². The zero-order valence-corrected chi connectivity index (χ0v) is 18.3. The Morgan fingerprint density at radius 2 is 1.36 bits per heavy atom. The molecule has 1 nitrogen and oxygen atoms in total. The number of ether oxygens (including phenoxy) is 1. The van der Waals surface area contributed by atoms with Gasteiger partial charge in [0.1, 0.15) is 17.5 Å². The Morgan fingerprint density at radius 3 is 1.93 bits per heavy atom. The van der Waals surface area contributed by atoms with Crippen molar-refractivity contribution in [2.24, 2.45) is 5.92 Å². The first-order valence-corrected chi connectivity index (χ1v) is 11.1. The van der Waals surface area contributed by atoms with Crippen LogP contribution >= 0.6 is 0 Å². The van der Waals surface area contributed by atoms with E-state index in [1.807, 2.05) is 6.92 Å². The molecule has 1 rings (SSSR count). The van der Waals surface area contributed by atoms with Crippen LogP contribution in [-0.2, 0) is 11.2 Å². The summed E-state index contributed by atoms with van der Waals surface area (Å²) in [4.78, 5) is 0. The first-order chi connectivity index (χ1) is 13.3. The molecule has 0 aromatic heterocycles. The summed E-state index contributed by atoms with van der Waals surface area (Å²) in [7, 11) is 0. The molecule has 0 bridgehead atoms. The van der Waals surface area contributed by atoms with Gasteiger partial charge in [0, 0.05) is 24.3 Å². The Morgan fingerprint density at radius 1 is 0.821 bits per heavy atom. The van der Waals surface area contributed by atoms with Crippen molar-refractivity contribution in [3.63, 3.8) is 0 Å². The quantitative estimate of drug-likeness (QED) is 0.271. The highest BCUT2D eigenvalue weighted by Gasteiger charge is 2.29. The predicted molar refractivity (Wildman–Crippen MR) is 111 cm³/mol. The summed E-state index contributed by atoms with van der Waals surface area (Å²) in [5, 5.41) is 0. The fourth-order valence-corrected chi connectivity index (χ4v) is 4.00. The van der Waals surface area contributed by atoms with Gasteiger partial charge in [-0.1, -0.05) is 51.9 Å². The molecule has 4 heteroatoms. The van der Waals surface area contributed by atoms with E-state index in [1.54, 1.807) is 0 Å². The normalized spacial score (nSPS) is 13.1. The molecular formula is C24H39F3O. The molecular weight excluding hydrogens is 361 g/mol. The van der Waals surface area contributed by atoms with Gasteiger partial charge in [-0.3, -0.25) is 0 Å². The molecule has 1 aromatic carbocycles. The molecule has 0 fully saturated rings. The molecule has 0 amide bonds. The molecule has 1 atom stereocenters. The summed E-state index contributed by atoms with van der Waals surface area (Å²) < 4.78 is 46.6. The van der Waals surface area contributed by atoms with E-state index in [-0.39, 0.29) is 11.2 Å². The van der Waals surface area contributed by atoms with Crippen LogP contribution in [0.2, 0.25) is 0 Å². The minimum Gasteiger partial charge on any atom is -0.376 e. The Labute approximate surface area is 170 Å². The van der Waals surface area contributed by atoms with Crippen LogP contribution in [0.5, 0.6) is 0 Å². The summed E-state index contributed by atoms with van der Waals surface area (Å²) in [5.74, 6) is -2.00. The maximum Gasteiger partial charge on any atom is 0.132 e. The highest BCUT2D eigenvalue weighted by atomic mass is 19.1. The average molecular weight is 401 g/mol. The summed E-state index contributed by atoms with van der Waals surface area (Å²) in [6.45, 7) is 9.23. The van der Waals surface area contributed by atoms with E-state index in [2.05, 4.69) is 20.8 Å². The maximum atomic E-state index is 13.8. The van der Waals surface area contributed by atoms with Gasteiger partial charge in [-0.25, -0.2) is 13.2 Å². The van der Waals surface area contributed by atoms with Gasteiger partial charge in [0.15, 0.2) is 0 Å². The molecule has 0 saturated carbocycles. The predicted octanol–water partition coefficient (Wildman–Crippen LogP) is 8.00. The topological polar surface area (TPSA) is 9.23 Å². The molecule has 1 aromatic rings. The van der Waals surface area contributed by atoms with E-state index in [4.69, 9.17) is 4.74 Å². The highest BCUT2D eigenvalue weighted by molar-refractivity contribution is 5.20. The lowest BCUT2D eigenvalue weighted by atomic mass is 9.82. The third-order valence-corrected chi connectivity index (χ3v) is 5.74. The van der Waals surface area contributed by atoms with E-state index >= 15 is 0 Å². The van der Waals surface area contributed by atoms with Crippen molar-refractivity contribution in [2.45, 2.75) is 104 Å². The van der Waals surface area contributed by atoms with Crippen LogP contribution in [0.15, 0.2) is 12.1 Å². The number of hydrogen-bond acceptors (Lipinski definition) is 1. The maximum absolute atomic E-state index is 13.8. The molecule has 0 radical (unpaired) electrons. The average Bonchev–Trinajstić information content (AvgIpc) is 2.61. The lowest BCUT2D eigenvalue weighted by molar-refractivity contribution is -0.0605. The van der Waals surface area contributed by atoms with Crippen LogP contribution in [0.25, 0.3) is 0 Å². The SMILES string of the molecule is CCCCCCCCC(CCCCc1c(F)cc(F)cc1F)C(C)(C)OCC. The molecule has 0 aliphatic carbocycles. The molecule has 162 valence electrons. The fraction of sp³-hybridized carbons (Fsp3) is 0.750. The summed E-state index contributed by atoms with van der Waals surface area (Å²) in [6, 6.07) is 1.52. The van der Waals surface area contributed by atoms with Gasteiger partial charge in [0.05, 0.1) is 5.60 Å². The summed E-state index contributed by atoms with van der Waals surface area (Å²) >= 11 is 0. The minimum absolute atomic E-state index is 0.00191.